The van der Waals surface area contributed by atoms with Crippen molar-refractivity contribution < 1.29 is 17.9 Å². The number of sulfonamides is 1. The molecule has 0 aliphatic rings. The van der Waals surface area contributed by atoms with E-state index in [0.717, 1.165) is 17.6 Å². The number of nitrogens with one attached hydrogen (secondary N) is 1. The maximum absolute atomic E-state index is 11.3. The summed E-state index contributed by atoms with van der Waals surface area (Å²) < 4.78 is 29.4. The summed E-state index contributed by atoms with van der Waals surface area (Å²) in [5.41, 5.74) is 2.38. The van der Waals surface area contributed by atoms with Crippen LogP contribution in [0.15, 0.2) is 18.2 Å². The van der Waals surface area contributed by atoms with Gasteiger partial charge in [-0.05, 0) is 36.0 Å². The zero-order valence-corrected chi connectivity index (χ0v) is 14.7. The standard InChI is InChI=1S/C16H25NO4S/c1-12-11-13(16(2,3)4)8-9-14(12)21-10-6-7-15(18)17-22(5,19)20/h8-9,11H,6-7,10H2,1-5H3,(H,17,18). The Morgan fingerprint density at radius 2 is 1.91 bits per heavy atom. The van der Waals surface area contributed by atoms with Crippen molar-refractivity contribution in [2.75, 3.05) is 12.9 Å². The molecule has 0 saturated heterocycles. The van der Waals surface area contributed by atoms with Crippen LogP contribution in [0.25, 0.3) is 0 Å². The number of hydrogen-bond acceptors (Lipinski definition) is 4. The van der Waals surface area contributed by atoms with Crippen LogP contribution in [0.5, 0.6) is 5.75 Å². The number of amides is 1. The summed E-state index contributed by atoms with van der Waals surface area (Å²) in [6, 6.07) is 6.08. The molecule has 0 aliphatic carbocycles. The summed E-state index contributed by atoms with van der Waals surface area (Å²) in [5.74, 6) is 0.280. The minimum absolute atomic E-state index is 0.0903. The van der Waals surface area contributed by atoms with Gasteiger partial charge in [-0.15, -0.1) is 0 Å². The van der Waals surface area contributed by atoms with Crippen LogP contribution < -0.4 is 9.46 Å². The van der Waals surface area contributed by atoms with Crippen LogP contribution in [0.1, 0.15) is 44.7 Å². The van der Waals surface area contributed by atoms with Gasteiger partial charge in [0.2, 0.25) is 15.9 Å². The molecular weight excluding hydrogens is 302 g/mol. The molecule has 0 aromatic heterocycles. The fourth-order valence-electron chi connectivity index (χ4n) is 1.95. The molecule has 5 nitrogen and oxygen atoms in total. The molecule has 6 heteroatoms. The van der Waals surface area contributed by atoms with Crippen LogP contribution in [-0.4, -0.2) is 27.2 Å². The predicted molar refractivity (Wildman–Crippen MR) is 87.6 cm³/mol. The van der Waals surface area contributed by atoms with Crippen LogP contribution in [0.3, 0.4) is 0 Å². The normalized spacial score (nSPS) is 12.0. The van der Waals surface area contributed by atoms with E-state index in [2.05, 4.69) is 26.8 Å². The van der Waals surface area contributed by atoms with Gasteiger partial charge in [0, 0.05) is 6.42 Å². The van der Waals surface area contributed by atoms with E-state index in [1.165, 1.54) is 5.56 Å². The van der Waals surface area contributed by atoms with Gasteiger partial charge in [0.1, 0.15) is 5.75 Å². The monoisotopic (exact) mass is 327 g/mol. The average molecular weight is 327 g/mol. The second-order valence-electron chi connectivity index (χ2n) is 6.48. The quantitative estimate of drug-likeness (QED) is 0.815. The van der Waals surface area contributed by atoms with E-state index in [1.807, 2.05) is 23.8 Å². The molecule has 1 rings (SSSR count). The highest BCUT2D eigenvalue weighted by Gasteiger charge is 2.14. The van der Waals surface area contributed by atoms with Gasteiger partial charge in [0.25, 0.3) is 0 Å². The number of rotatable bonds is 6. The van der Waals surface area contributed by atoms with Crippen LogP contribution in [0, 0.1) is 6.92 Å². The van der Waals surface area contributed by atoms with Crippen molar-refractivity contribution in [3.05, 3.63) is 29.3 Å². The lowest BCUT2D eigenvalue weighted by molar-refractivity contribution is -0.119. The molecule has 0 bridgehead atoms. The van der Waals surface area contributed by atoms with E-state index in [4.69, 9.17) is 4.74 Å². The van der Waals surface area contributed by atoms with Gasteiger partial charge in [-0.3, -0.25) is 9.52 Å². The third-order valence-corrected chi connectivity index (χ3v) is 3.74. The third kappa shape index (κ3) is 6.47. The highest BCUT2D eigenvalue weighted by Crippen LogP contribution is 2.27. The summed E-state index contributed by atoms with van der Waals surface area (Å²) >= 11 is 0. The smallest absolute Gasteiger partial charge is 0.233 e. The Balaban J connectivity index is 2.48. The fraction of sp³-hybridized carbons (Fsp3) is 0.562. The highest BCUT2D eigenvalue weighted by molar-refractivity contribution is 7.89. The first-order valence-electron chi connectivity index (χ1n) is 7.23. The van der Waals surface area contributed by atoms with E-state index in [0.29, 0.717) is 13.0 Å². The Morgan fingerprint density at radius 3 is 2.41 bits per heavy atom. The van der Waals surface area contributed by atoms with Gasteiger partial charge in [0.05, 0.1) is 12.9 Å². The fourth-order valence-corrected chi connectivity index (χ4v) is 2.47. The van der Waals surface area contributed by atoms with Crippen molar-refractivity contribution in [3.8, 4) is 5.75 Å². The van der Waals surface area contributed by atoms with Crippen molar-refractivity contribution in [2.45, 2.75) is 46.0 Å². The van der Waals surface area contributed by atoms with Crippen molar-refractivity contribution >= 4 is 15.9 Å². The Labute approximate surface area is 133 Å². The van der Waals surface area contributed by atoms with Crippen LogP contribution in [0.4, 0.5) is 0 Å². The number of carbonyl (C=O) groups is 1. The van der Waals surface area contributed by atoms with Gasteiger partial charge < -0.3 is 4.74 Å². The Morgan fingerprint density at radius 1 is 1.27 bits per heavy atom. The molecule has 0 fully saturated rings. The van der Waals surface area contributed by atoms with Gasteiger partial charge in [-0.2, -0.15) is 0 Å². The molecule has 1 N–H and O–H groups in total. The number of ether oxygens (including phenoxy) is 1. The minimum atomic E-state index is -3.48. The maximum atomic E-state index is 11.3. The summed E-state index contributed by atoms with van der Waals surface area (Å²) in [6.45, 7) is 8.82. The van der Waals surface area contributed by atoms with Gasteiger partial charge >= 0.3 is 0 Å². The number of carbonyl (C=O) groups excluding carboxylic acids is 1. The molecule has 0 saturated carbocycles. The molecule has 0 unspecified atom stereocenters. The van der Waals surface area contributed by atoms with Gasteiger partial charge in [-0.1, -0.05) is 32.9 Å². The number of aryl methyl sites for hydroxylation is 1. The molecular formula is C16H25NO4S. The Bertz CT molecular complexity index is 630. The van der Waals surface area contributed by atoms with Crippen molar-refractivity contribution in [1.82, 2.24) is 4.72 Å². The van der Waals surface area contributed by atoms with Crippen LogP contribution in [-0.2, 0) is 20.2 Å². The lowest BCUT2D eigenvalue weighted by atomic mass is 9.86. The largest absolute Gasteiger partial charge is 0.493 e. The maximum Gasteiger partial charge on any atom is 0.233 e. The first kappa shape index (κ1) is 18.5. The van der Waals surface area contributed by atoms with Crippen molar-refractivity contribution in [2.24, 2.45) is 0 Å². The molecule has 0 atom stereocenters. The van der Waals surface area contributed by atoms with E-state index in [-0.39, 0.29) is 11.8 Å². The zero-order valence-electron chi connectivity index (χ0n) is 13.9. The Kier molecular flexibility index (Phi) is 6.00. The first-order chi connectivity index (χ1) is 9.99. The van der Waals surface area contributed by atoms with E-state index in [9.17, 15) is 13.2 Å². The molecule has 0 radical (unpaired) electrons. The molecule has 0 spiro atoms. The van der Waals surface area contributed by atoms with Gasteiger partial charge in [-0.25, -0.2) is 8.42 Å². The first-order valence-corrected chi connectivity index (χ1v) is 9.13. The molecule has 1 aromatic rings. The SMILES string of the molecule is Cc1cc(C(C)(C)C)ccc1OCCCC(=O)NS(C)(=O)=O. The zero-order chi connectivity index (χ0) is 17.0. The van der Waals surface area contributed by atoms with Crippen LogP contribution in [0.2, 0.25) is 0 Å². The molecule has 22 heavy (non-hydrogen) atoms. The molecule has 0 heterocycles. The Hall–Kier alpha value is -1.56. The number of hydrogen-bond donors (Lipinski definition) is 1. The lowest BCUT2D eigenvalue weighted by Crippen LogP contribution is -2.29. The molecule has 124 valence electrons. The molecule has 1 aromatic carbocycles. The van der Waals surface area contributed by atoms with Crippen molar-refractivity contribution in [3.63, 3.8) is 0 Å². The second kappa shape index (κ2) is 7.13. The van der Waals surface area contributed by atoms with Crippen LogP contribution >= 0.6 is 0 Å². The third-order valence-electron chi connectivity index (χ3n) is 3.15. The van der Waals surface area contributed by atoms with Gasteiger partial charge in [0.15, 0.2) is 0 Å². The van der Waals surface area contributed by atoms with Crippen molar-refractivity contribution in [1.29, 1.82) is 0 Å². The predicted octanol–water partition coefficient (Wildman–Crippen LogP) is 2.53. The van der Waals surface area contributed by atoms with E-state index in [1.54, 1.807) is 0 Å². The van der Waals surface area contributed by atoms with E-state index < -0.39 is 15.9 Å². The minimum Gasteiger partial charge on any atom is -0.493 e. The number of benzene rings is 1. The summed E-state index contributed by atoms with van der Waals surface area (Å²) in [4.78, 5) is 11.3. The highest BCUT2D eigenvalue weighted by atomic mass is 32.2. The van der Waals surface area contributed by atoms with E-state index >= 15 is 0 Å². The summed E-state index contributed by atoms with van der Waals surface area (Å²) in [7, 11) is -3.48. The molecule has 0 aliphatic heterocycles. The molecule has 1 amide bonds. The summed E-state index contributed by atoms with van der Waals surface area (Å²) in [5, 5.41) is 0. The second-order valence-corrected chi connectivity index (χ2v) is 8.23. The average Bonchev–Trinajstić information content (AvgIpc) is 2.32. The lowest BCUT2D eigenvalue weighted by Gasteiger charge is -2.20. The summed E-state index contributed by atoms with van der Waals surface area (Å²) in [6.07, 6.45) is 1.54. The topological polar surface area (TPSA) is 72.5 Å².